The highest BCUT2D eigenvalue weighted by Gasteiger charge is 2.16. The van der Waals surface area contributed by atoms with Crippen LogP contribution in [0.15, 0.2) is 37.1 Å². The molecule has 21 heavy (non-hydrogen) atoms. The van der Waals surface area contributed by atoms with Crippen molar-refractivity contribution < 1.29 is 4.79 Å². The molecule has 2 rings (SSSR count). The van der Waals surface area contributed by atoms with Crippen LogP contribution in [0.1, 0.15) is 43.7 Å². The highest BCUT2D eigenvalue weighted by molar-refractivity contribution is 5.94. The number of rotatable bonds is 4. The predicted octanol–water partition coefficient (Wildman–Crippen LogP) is 2.39. The zero-order chi connectivity index (χ0) is 15.5. The summed E-state index contributed by atoms with van der Waals surface area (Å²) in [6.07, 6.45) is 9.50. The van der Waals surface area contributed by atoms with Crippen LogP contribution in [0.4, 0.5) is 0 Å². The normalized spacial score (nSPS) is 13.0. The maximum absolute atomic E-state index is 12.2. The smallest absolute Gasteiger partial charge is 0.253 e. The van der Waals surface area contributed by atoms with E-state index in [1.807, 2.05) is 30.0 Å². The van der Waals surface area contributed by atoms with Crippen LogP contribution >= 0.6 is 0 Å². The van der Waals surface area contributed by atoms with Gasteiger partial charge in [-0.05, 0) is 33.8 Å². The third-order valence-corrected chi connectivity index (χ3v) is 3.24. The Morgan fingerprint density at radius 2 is 2.14 bits per heavy atom. The molecular weight excluding hydrogens is 264 g/mol. The lowest BCUT2D eigenvalue weighted by atomic mass is 10.1. The van der Waals surface area contributed by atoms with Gasteiger partial charge in [0.2, 0.25) is 0 Å². The molecule has 2 heterocycles. The number of hydrogen-bond acceptors (Lipinski definition) is 3. The summed E-state index contributed by atoms with van der Waals surface area (Å²) in [4.78, 5) is 20.5. The second kappa shape index (κ2) is 6.08. The van der Waals surface area contributed by atoms with Crippen molar-refractivity contribution in [2.45, 2.75) is 45.7 Å². The monoisotopic (exact) mass is 286 g/mol. The van der Waals surface area contributed by atoms with Crippen molar-refractivity contribution in [3.8, 4) is 0 Å². The minimum Gasteiger partial charge on any atom is -0.349 e. The molecule has 0 bridgehead atoms. The first-order valence-electron chi connectivity index (χ1n) is 7.10. The van der Waals surface area contributed by atoms with E-state index in [0.717, 1.165) is 5.69 Å². The third-order valence-electron chi connectivity index (χ3n) is 3.24. The van der Waals surface area contributed by atoms with Crippen molar-refractivity contribution in [1.82, 2.24) is 19.9 Å². The molecule has 0 unspecified atom stereocenters. The van der Waals surface area contributed by atoms with Crippen molar-refractivity contribution in [3.63, 3.8) is 0 Å². The Morgan fingerprint density at radius 3 is 2.71 bits per heavy atom. The predicted molar refractivity (Wildman–Crippen MR) is 82.1 cm³/mol. The minimum absolute atomic E-state index is 0.00665. The van der Waals surface area contributed by atoms with Gasteiger partial charge in [0.1, 0.15) is 0 Å². The standard InChI is InChI=1S/C16H22N4O/c1-12(9-14-10-17-6-7-18-14)19-15(21)13-5-8-20(11-13)16(2,3)4/h5-8,10-12H,9H2,1-4H3,(H,19,21)/t12-/m0/s1. The van der Waals surface area contributed by atoms with Crippen molar-refractivity contribution in [3.05, 3.63) is 48.3 Å². The van der Waals surface area contributed by atoms with Crippen molar-refractivity contribution in [2.75, 3.05) is 0 Å². The molecule has 5 heteroatoms. The lowest BCUT2D eigenvalue weighted by molar-refractivity contribution is 0.0940. The van der Waals surface area contributed by atoms with E-state index in [2.05, 4.69) is 36.1 Å². The van der Waals surface area contributed by atoms with Gasteiger partial charge in [-0.2, -0.15) is 0 Å². The maximum Gasteiger partial charge on any atom is 0.253 e. The lowest BCUT2D eigenvalue weighted by Crippen LogP contribution is -2.34. The van der Waals surface area contributed by atoms with Crippen LogP contribution in [0.5, 0.6) is 0 Å². The van der Waals surface area contributed by atoms with Gasteiger partial charge < -0.3 is 9.88 Å². The molecule has 0 aliphatic heterocycles. The first-order valence-corrected chi connectivity index (χ1v) is 7.10. The van der Waals surface area contributed by atoms with E-state index >= 15 is 0 Å². The van der Waals surface area contributed by atoms with Crippen LogP contribution in [0, 0.1) is 0 Å². The lowest BCUT2D eigenvalue weighted by Gasteiger charge is -2.20. The van der Waals surface area contributed by atoms with Crippen LogP contribution in [0.3, 0.4) is 0 Å². The molecule has 0 aliphatic carbocycles. The largest absolute Gasteiger partial charge is 0.349 e. The summed E-state index contributed by atoms with van der Waals surface area (Å²) >= 11 is 0. The summed E-state index contributed by atoms with van der Waals surface area (Å²) in [7, 11) is 0. The maximum atomic E-state index is 12.2. The molecule has 0 saturated heterocycles. The molecule has 0 saturated carbocycles. The third kappa shape index (κ3) is 4.15. The molecule has 0 fully saturated rings. The molecule has 112 valence electrons. The molecule has 1 atom stereocenters. The van der Waals surface area contributed by atoms with Gasteiger partial charge >= 0.3 is 0 Å². The van der Waals surface area contributed by atoms with Gasteiger partial charge in [0.05, 0.1) is 11.3 Å². The Bertz CT molecular complexity index is 598. The number of aromatic nitrogens is 3. The van der Waals surface area contributed by atoms with Gasteiger partial charge in [-0.25, -0.2) is 0 Å². The molecule has 0 aromatic carbocycles. The van der Waals surface area contributed by atoms with Crippen molar-refractivity contribution in [1.29, 1.82) is 0 Å². The Hall–Kier alpha value is -2.17. The van der Waals surface area contributed by atoms with E-state index < -0.39 is 0 Å². The zero-order valence-corrected chi connectivity index (χ0v) is 13.0. The van der Waals surface area contributed by atoms with Gasteiger partial charge in [-0.1, -0.05) is 0 Å². The number of carbonyl (C=O) groups excluding carboxylic acids is 1. The fraction of sp³-hybridized carbons (Fsp3) is 0.438. The number of carbonyl (C=O) groups is 1. The van der Waals surface area contributed by atoms with Crippen LogP contribution in [0.25, 0.3) is 0 Å². The zero-order valence-electron chi connectivity index (χ0n) is 13.0. The minimum atomic E-state index is -0.0607. The first kappa shape index (κ1) is 15.2. The van der Waals surface area contributed by atoms with Gasteiger partial charge in [-0.3, -0.25) is 14.8 Å². The van der Waals surface area contributed by atoms with Crippen LogP contribution < -0.4 is 5.32 Å². The Labute approximate surface area is 125 Å². The van der Waals surface area contributed by atoms with E-state index in [9.17, 15) is 4.79 Å². The number of nitrogens with zero attached hydrogens (tertiary/aromatic N) is 3. The fourth-order valence-corrected chi connectivity index (χ4v) is 2.06. The molecule has 0 aliphatic rings. The van der Waals surface area contributed by atoms with Gasteiger partial charge in [0.15, 0.2) is 0 Å². The summed E-state index contributed by atoms with van der Waals surface area (Å²) in [6, 6.07) is 1.85. The van der Waals surface area contributed by atoms with Crippen LogP contribution in [-0.2, 0) is 12.0 Å². The second-order valence-electron chi connectivity index (χ2n) is 6.25. The molecule has 0 radical (unpaired) electrons. The molecule has 0 spiro atoms. The Kier molecular flexibility index (Phi) is 4.40. The molecule has 1 amide bonds. The van der Waals surface area contributed by atoms with E-state index in [-0.39, 0.29) is 17.5 Å². The van der Waals surface area contributed by atoms with Gasteiger partial charge in [0, 0.05) is 49.0 Å². The second-order valence-corrected chi connectivity index (χ2v) is 6.25. The highest BCUT2D eigenvalue weighted by Crippen LogP contribution is 2.15. The van der Waals surface area contributed by atoms with Crippen molar-refractivity contribution >= 4 is 5.91 Å². The summed E-state index contributed by atoms with van der Waals surface area (Å²) < 4.78 is 2.04. The molecule has 1 N–H and O–H groups in total. The van der Waals surface area contributed by atoms with Gasteiger partial charge in [-0.15, -0.1) is 0 Å². The summed E-state index contributed by atoms with van der Waals surface area (Å²) in [5.74, 6) is -0.0607. The average molecular weight is 286 g/mol. The summed E-state index contributed by atoms with van der Waals surface area (Å²) in [5.41, 5.74) is 1.53. The molecule has 2 aromatic rings. The molecular formula is C16H22N4O. The summed E-state index contributed by atoms with van der Waals surface area (Å²) in [6.45, 7) is 8.27. The Balaban J connectivity index is 1.96. The van der Waals surface area contributed by atoms with E-state index in [1.165, 1.54) is 0 Å². The quantitative estimate of drug-likeness (QED) is 0.939. The summed E-state index contributed by atoms with van der Waals surface area (Å²) in [5, 5.41) is 2.99. The SMILES string of the molecule is C[C@@H](Cc1cnccn1)NC(=O)c1ccn(C(C)(C)C)c1. The highest BCUT2D eigenvalue weighted by atomic mass is 16.1. The first-order chi connectivity index (χ1) is 9.86. The number of amides is 1. The van der Waals surface area contributed by atoms with Crippen LogP contribution in [-0.4, -0.2) is 26.5 Å². The topological polar surface area (TPSA) is 59.8 Å². The van der Waals surface area contributed by atoms with E-state index in [0.29, 0.717) is 12.0 Å². The molecule has 5 nitrogen and oxygen atoms in total. The molecule has 2 aromatic heterocycles. The number of hydrogen-bond donors (Lipinski definition) is 1. The van der Waals surface area contributed by atoms with E-state index in [4.69, 9.17) is 0 Å². The van der Waals surface area contributed by atoms with Crippen molar-refractivity contribution in [2.24, 2.45) is 0 Å². The average Bonchev–Trinajstić information content (AvgIpc) is 2.89. The fourth-order valence-electron chi connectivity index (χ4n) is 2.06. The van der Waals surface area contributed by atoms with Gasteiger partial charge in [0.25, 0.3) is 5.91 Å². The Morgan fingerprint density at radius 1 is 1.38 bits per heavy atom. The van der Waals surface area contributed by atoms with E-state index in [1.54, 1.807) is 18.6 Å². The van der Waals surface area contributed by atoms with Crippen LogP contribution in [0.2, 0.25) is 0 Å². The number of nitrogens with one attached hydrogen (secondary N) is 1.